The van der Waals surface area contributed by atoms with Crippen LogP contribution in [0.25, 0.3) is 5.76 Å². The molecule has 2 aromatic heterocycles. The van der Waals surface area contributed by atoms with Gasteiger partial charge >= 0.3 is 0 Å². The van der Waals surface area contributed by atoms with Gasteiger partial charge in [0.05, 0.1) is 23.5 Å². The fourth-order valence-corrected chi connectivity index (χ4v) is 4.07. The van der Waals surface area contributed by atoms with E-state index in [4.69, 9.17) is 0 Å². The van der Waals surface area contributed by atoms with Gasteiger partial charge < -0.3 is 15.7 Å². The lowest BCUT2D eigenvalue weighted by Crippen LogP contribution is -2.20. The second-order valence-electron chi connectivity index (χ2n) is 6.25. The molecule has 0 spiro atoms. The Kier molecular flexibility index (Phi) is 5.98. The smallest absolute Gasteiger partial charge is 0.204 e. The number of aryl methyl sites for hydroxylation is 1. The number of likely N-dealkylation sites (N-methyl/N-ethyl adjacent to an activating group) is 1. The van der Waals surface area contributed by atoms with E-state index in [0.29, 0.717) is 33.9 Å². The third kappa shape index (κ3) is 4.23. The first-order valence-electron chi connectivity index (χ1n) is 8.85. The minimum atomic E-state index is -0.214. The second kappa shape index (κ2) is 8.41. The van der Waals surface area contributed by atoms with Crippen molar-refractivity contribution < 1.29 is 14.7 Å². The topological polar surface area (TPSA) is 104 Å². The van der Waals surface area contributed by atoms with Gasteiger partial charge in [-0.25, -0.2) is 9.97 Å². The molecule has 0 fully saturated rings. The first kappa shape index (κ1) is 19.2. The van der Waals surface area contributed by atoms with Crippen LogP contribution >= 0.6 is 11.3 Å². The zero-order valence-corrected chi connectivity index (χ0v) is 16.2. The Balaban J connectivity index is 1.83. The molecule has 1 aliphatic rings. The molecule has 0 saturated heterocycles. The summed E-state index contributed by atoms with van der Waals surface area (Å²) in [5.74, 6) is 0.493. The van der Waals surface area contributed by atoms with Crippen molar-refractivity contribution in [2.24, 2.45) is 0 Å². The van der Waals surface area contributed by atoms with Crippen molar-refractivity contribution in [3.05, 3.63) is 45.0 Å². The minimum absolute atomic E-state index is 0.0292. The standard InChI is InChI=1S/C19H22N4O3S/c1-3-21-15-7-4-11(9-22-15)17(25)13-5-6-14-19(18(13)26)27-16(23-14)8-12(24)10-20-2/h4,7,9,20,25H,3,5-6,8,10H2,1-2H3,(H,21,22). The van der Waals surface area contributed by atoms with Gasteiger partial charge in [-0.3, -0.25) is 9.59 Å². The van der Waals surface area contributed by atoms with Gasteiger partial charge in [0.2, 0.25) is 5.78 Å². The van der Waals surface area contributed by atoms with Gasteiger partial charge in [-0.1, -0.05) is 0 Å². The summed E-state index contributed by atoms with van der Waals surface area (Å²) in [6.45, 7) is 3.01. The van der Waals surface area contributed by atoms with Gasteiger partial charge in [0, 0.05) is 23.9 Å². The minimum Gasteiger partial charge on any atom is -0.507 e. The normalized spacial score (nSPS) is 15.4. The number of Topliss-reactive ketones (excluding diaryl/α,β-unsaturated/α-hetero) is 2. The zero-order valence-electron chi connectivity index (χ0n) is 15.3. The summed E-state index contributed by atoms with van der Waals surface area (Å²) in [6.07, 6.45) is 2.75. The molecule has 3 N–H and O–H groups in total. The summed E-state index contributed by atoms with van der Waals surface area (Å²) >= 11 is 1.24. The molecule has 27 heavy (non-hydrogen) atoms. The molecule has 2 heterocycles. The summed E-state index contributed by atoms with van der Waals surface area (Å²) < 4.78 is 0. The van der Waals surface area contributed by atoms with Crippen molar-refractivity contribution in [2.45, 2.75) is 26.2 Å². The first-order valence-corrected chi connectivity index (χ1v) is 9.67. The number of aliphatic hydroxyl groups excluding tert-OH is 1. The maximum Gasteiger partial charge on any atom is 0.204 e. The number of nitrogens with zero attached hydrogens (tertiary/aromatic N) is 2. The lowest BCUT2D eigenvalue weighted by Gasteiger charge is -2.14. The van der Waals surface area contributed by atoms with Gasteiger partial charge in [-0.15, -0.1) is 11.3 Å². The number of thiazole rings is 1. The fourth-order valence-electron chi connectivity index (χ4n) is 2.97. The number of pyridine rings is 1. The van der Waals surface area contributed by atoms with Crippen LogP contribution in [0.15, 0.2) is 23.9 Å². The Morgan fingerprint density at radius 2 is 2.15 bits per heavy atom. The van der Waals surface area contributed by atoms with E-state index < -0.39 is 0 Å². The number of ketones is 2. The third-order valence-corrected chi connectivity index (χ3v) is 5.33. The summed E-state index contributed by atoms with van der Waals surface area (Å²) in [6, 6.07) is 3.51. The number of carbonyl (C=O) groups excluding carboxylic acids is 2. The number of allylic oxidation sites excluding steroid dienone is 1. The van der Waals surface area contributed by atoms with Crippen LogP contribution in [0.5, 0.6) is 0 Å². The molecule has 0 saturated carbocycles. The molecule has 0 unspecified atom stereocenters. The van der Waals surface area contributed by atoms with Crippen molar-refractivity contribution in [3.63, 3.8) is 0 Å². The van der Waals surface area contributed by atoms with Gasteiger partial charge in [0.15, 0.2) is 5.78 Å². The number of aliphatic hydroxyl groups is 1. The average Bonchev–Trinajstić information content (AvgIpc) is 3.06. The van der Waals surface area contributed by atoms with Crippen molar-refractivity contribution in [2.75, 3.05) is 25.5 Å². The monoisotopic (exact) mass is 386 g/mol. The average molecular weight is 386 g/mol. The van der Waals surface area contributed by atoms with Gasteiger partial charge in [0.1, 0.15) is 16.6 Å². The van der Waals surface area contributed by atoms with Gasteiger partial charge in [0.25, 0.3) is 0 Å². The van der Waals surface area contributed by atoms with Crippen LogP contribution in [0, 0.1) is 0 Å². The molecule has 0 radical (unpaired) electrons. The molecule has 7 nitrogen and oxygen atoms in total. The Morgan fingerprint density at radius 1 is 1.33 bits per heavy atom. The summed E-state index contributed by atoms with van der Waals surface area (Å²) in [7, 11) is 1.72. The highest BCUT2D eigenvalue weighted by Gasteiger charge is 2.29. The lowest BCUT2D eigenvalue weighted by atomic mass is 9.93. The highest BCUT2D eigenvalue weighted by molar-refractivity contribution is 7.14. The summed E-state index contributed by atoms with van der Waals surface area (Å²) in [4.78, 5) is 33.8. The zero-order chi connectivity index (χ0) is 19.4. The number of hydrogen-bond acceptors (Lipinski definition) is 8. The van der Waals surface area contributed by atoms with E-state index in [0.717, 1.165) is 18.1 Å². The molecular formula is C19H22N4O3S. The predicted octanol–water partition coefficient (Wildman–Crippen LogP) is 2.40. The highest BCUT2D eigenvalue weighted by Crippen LogP contribution is 2.33. The van der Waals surface area contributed by atoms with Crippen LogP contribution in [0.4, 0.5) is 5.82 Å². The third-order valence-electron chi connectivity index (χ3n) is 4.24. The molecule has 0 amide bonds. The van der Waals surface area contributed by atoms with E-state index in [1.54, 1.807) is 25.4 Å². The van der Waals surface area contributed by atoms with Crippen LogP contribution < -0.4 is 10.6 Å². The number of aromatic nitrogens is 2. The number of fused-ring (bicyclic) bond motifs is 1. The molecule has 8 heteroatoms. The van der Waals surface area contributed by atoms with Gasteiger partial charge in [-0.05, 0) is 38.9 Å². The Labute approximate surface area is 161 Å². The Bertz CT molecular complexity index is 887. The maximum absolute atomic E-state index is 12.8. The fraction of sp³-hybridized carbons (Fsp3) is 0.368. The molecule has 0 bridgehead atoms. The number of rotatable bonds is 7. The number of nitrogens with one attached hydrogen (secondary N) is 2. The largest absolute Gasteiger partial charge is 0.507 e. The second-order valence-corrected chi connectivity index (χ2v) is 7.33. The van der Waals surface area contributed by atoms with Gasteiger partial charge in [-0.2, -0.15) is 0 Å². The molecule has 2 aromatic rings. The molecule has 0 aliphatic heterocycles. The highest BCUT2D eigenvalue weighted by atomic mass is 32.1. The number of hydrogen-bond donors (Lipinski definition) is 3. The predicted molar refractivity (Wildman–Crippen MR) is 105 cm³/mol. The van der Waals surface area contributed by atoms with Crippen molar-refractivity contribution in [1.29, 1.82) is 0 Å². The van der Waals surface area contributed by atoms with E-state index in [9.17, 15) is 14.7 Å². The molecule has 0 aromatic carbocycles. The summed E-state index contributed by atoms with van der Waals surface area (Å²) in [5.41, 5.74) is 1.60. The molecule has 142 valence electrons. The molecule has 1 aliphatic carbocycles. The van der Waals surface area contributed by atoms with Crippen LogP contribution in [-0.4, -0.2) is 46.8 Å². The quantitative estimate of drug-likeness (QED) is 0.496. The maximum atomic E-state index is 12.8. The van der Waals surface area contributed by atoms with E-state index in [1.165, 1.54) is 11.3 Å². The van der Waals surface area contributed by atoms with E-state index in [2.05, 4.69) is 20.6 Å². The van der Waals surface area contributed by atoms with E-state index >= 15 is 0 Å². The molecule has 3 rings (SSSR count). The van der Waals surface area contributed by atoms with E-state index in [1.807, 2.05) is 6.92 Å². The van der Waals surface area contributed by atoms with Crippen molar-refractivity contribution in [3.8, 4) is 0 Å². The number of anilines is 1. The molecule has 0 atom stereocenters. The molecular weight excluding hydrogens is 364 g/mol. The summed E-state index contributed by atoms with van der Waals surface area (Å²) in [5, 5.41) is 17.2. The van der Waals surface area contributed by atoms with Crippen LogP contribution in [0.2, 0.25) is 0 Å². The Hall–Kier alpha value is -2.58. The van der Waals surface area contributed by atoms with Crippen molar-refractivity contribution in [1.82, 2.24) is 15.3 Å². The van der Waals surface area contributed by atoms with Crippen LogP contribution in [0.3, 0.4) is 0 Å². The van der Waals surface area contributed by atoms with Crippen LogP contribution in [0.1, 0.15) is 39.3 Å². The first-order chi connectivity index (χ1) is 13.0. The SMILES string of the molecule is CCNc1ccc(C(O)=C2CCc3nc(CC(=O)CNC)sc3C2=O)cn1. The van der Waals surface area contributed by atoms with Crippen LogP contribution in [-0.2, 0) is 17.6 Å². The Morgan fingerprint density at radius 3 is 2.81 bits per heavy atom. The van der Waals surface area contributed by atoms with Crippen molar-refractivity contribution >= 4 is 34.5 Å². The lowest BCUT2D eigenvalue weighted by molar-refractivity contribution is -0.117. The van der Waals surface area contributed by atoms with E-state index in [-0.39, 0.29) is 30.3 Å². The number of carbonyl (C=O) groups is 2.